The van der Waals surface area contributed by atoms with E-state index in [9.17, 15) is 9.59 Å². The minimum Gasteiger partial charge on any atom is -0.416 e. The zero-order valence-corrected chi connectivity index (χ0v) is 17.5. The number of aryl methyl sites for hydroxylation is 1. The van der Waals surface area contributed by atoms with Crippen LogP contribution in [0.15, 0.2) is 39.3 Å². The van der Waals surface area contributed by atoms with Crippen molar-refractivity contribution in [2.24, 2.45) is 0 Å². The number of aromatic nitrogens is 3. The Hall–Kier alpha value is -2.72. The van der Waals surface area contributed by atoms with E-state index < -0.39 is 0 Å². The van der Waals surface area contributed by atoms with E-state index in [-0.39, 0.29) is 30.0 Å². The van der Waals surface area contributed by atoms with Gasteiger partial charge in [0.1, 0.15) is 0 Å². The fourth-order valence-corrected chi connectivity index (χ4v) is 4.43. The van der Waals surface area contributed by atoms with Crippen LogP contribution in [-0.2, 0) is 16.0 Å². The summed E-state index contributed by atoms with van der Waals surface area (Å²) < 4.78 is 5.64. The summed E-state index contributed by atoms with van der Waals surface area (Å²) >= 11 is 2.76. The predicted octanol–water partition coefficient (Wildman–Crippen LogP) is 3.28. The zero-order chi connectivity index (χ0) is 20.4. The molecule has 0 spiro atoms. The highest BCUT2D eigenvalue weighted by Gasteiger charge is 2.29. The van der Waals surface area contributed by atoms with Crippen LogP contribution in [0.3, 0.4) is 0 Å². The molecule has 8 nitrogen and oxygen atoms in total. The Morgan fingerprint density at radius 1 is 1.38 bits per heavy atom. The van der Waals surface area contributed by atoms with Gasteiger partial charge in [-0.2, -0.15) is 0 Å². The molecule has 150 valence electrons. The quantitative estimate of drug-likeness (QED) is 0.621. The number of benzene rings is 1. The molecule has 0 bridgehead atoms. The summed E-state index contributed by atoms with van der Waals surface area (Å²) in [5.41, 5.74) is 2.22. The maximum absolute atomic E-state index is 13.0. The first kappa shape index (κ1) is 19.6. The summed E-state index contributed by atoms with van der Waals surface area (Å²) in [5.74, 6) is 0.367. The van der Waals surface area contributed by atoms with Crippen molar-refractivity contribution in [3.63, 3.8) is 0 Å². The molecule has 0 saturated carbocycles. The number of anilines is 2. The van der Waals surface area contributed by atoms with Gasteiger partial charge in [0, 0.05) is 17.8 Å². The molecular formula is C19H19N5O3S2. The Morgan fingerprint density at radius 3 is 3.00 bits per heavy atom. The zero-order valence-electron chi connectivity index (χ0n) is 15.9. The van der Waals surface area contributed by atoms with Gasteiger partial charge in [-0.05, 0) is 26.0 Å². The Morgan fingerprint density at radius 2 is 2.21 bits per heavy atom. The number of nitrogens with zero attached hydrogens (tertiary/aromatic N) is 4. The van der Waals surface area contributed by atoms with Crippen LogP contribution in [0.25, 0.3) is 0 Å². The maximum Gasteiger partial charge on any atom is 0.277 e. The molecule has 0 aliphatic carbocycles. The van der Waals surface area contributed by atoms with Gasteiger partial charge in [0.25, 0.3) is 5.22 Å². The second-order valence-corrected chi connectivity index (χ2v) is 8.66. The lowest BCUT2D eigenvalue weighted by Crippen LogP contribution is -2.40. The van der Waals surface area contributed by atoms with Gasteiger partial charge in [-0.15, -0.1) is 21.5 Å². The molecule has 1 aliphatic heterocycles. The van der Waals surface area contributed by atoms with E-state index >= 15 is 0 Å². The monoisotopic (exact) mass is 429 g/mol. The number of carbonyl (C=O) groups is 2. The SMILES string of the molecule is Cc1nc(Cc2nnc(SCC(=O)N3c4ccccc4NC(=O)C[C@H]3C)o2)cs1. The lowest BCUT2D eigenvalue weighted by atomic mass is 10.2. The fraction of sp³-hybridized carbons (Fsp3) is 0.316. The molecule has 10 heteroatoms. The molecule has 0 unspecified atom stereocenters. The first-order valence-electron chi connectivity index (χ1n) is 9.06. The third kappa shape index (κ3) is 4.48. The number of para-hydroxylation sites is 2. The van der Waals surface area contributed by atoms with E-state index in [1.54, 1.807) is 22.3 Å². The second kappa shape index (κ2) is 8.34. The third-order valence-electron chi connectivity index (χ3n) is 4.39. The van der Waals surface area contributed by atoms with E-state index in [0.29, 0.717) is 28.9 Å². The van der Waals surface area contributed by atoms with E-state index in [1.807, 2.05) is 37.4 Å². The summed E-state index contributed by atoms with van der Waals surface area (Å²) in [4.78, 5) is 31.1. The van der Waals surface area contributed by atoms with Crippen molar-refractivity contribution in [2.45, 2.75) is 38.0 Å². The van der Waals surface area contributed by atoms with Crippen molar-refractivity contribution < 1.29 is 14.0 Å². The van der Waals surface area contributed by atoms with Gasteiger partial charge in [-0.25, -0.2) is 4.98 Å². The van der Waals surface area contributed by atoms with Crippen LogP contribution in [0, 0.1) is 6.92 Å². The summed E-state index contributed by atoms with van der Waals surface area (Å²) in [6, 6.07) is 7.05. The minimum absolute atomic E-state index is 0.105. The fourth-order valence-electron chi connectivity index (χ4n) is 3.17. The molecular weight excluding hydrogens is 410 g/mol. The average Bonchev–Trinajstić information content (AvgIpc) is 3.27. The molecule has 0 fully saturated rings. The van der Waals surface area contributed by atoms with E-state index in [0.717, 1.165) is 10.7 Å². The number of carbonyl (C=O) groups excluding carboxylic acids is 2. The van der Waals surface area contributed by atoms with Gasteiger partial charge < -0.3 is 14.6 Å². The highest BCUT2D eigenvalue weighted by Crippen LogP contribution is 2.32. The van der Waals surface area contributed by atoms with Crippen molar-refractivity contribution >= 4 is 46.3 Å². The summed E-state index contributed by atoms with van der Waals surface area (Å²) in [5, 5.41) is 14.2. The standard InChI is InChI=1S/C19H19N5O3S2/c1-11-7-16(25)21-14-5-3-4-6-15(14)24(11)18(26)10-29-19-23-22-17(27-19)8-13-9-28-12(2)20-13/h3-6,9,11H,7-8,10H2,1-2H3,(H,21,25)/t11-/m1/s1. The van der Waals surface area contributed by atoms with Gasteiger partial charge in [-0.3, -0.25) is 9.59 Å². The smallest absolute Gasteiger partial charge is 0.277 e. The van der Waals surface area contributed by atoms with Gasteiger partial charge in [0.15, 0.2) is 0 Å². The highest BCUT2D eigenvalue weighted by molar-refractivity contribution is 7.99. The van der Waals surface area contributed by atoms with E-state index in [4.69, 9.17) is 4.42 Å². The summed E-state index contributed by atoms with van der Waals surface area (Å²) in [7, 11) is 0. The lowest BCUT2D eigenvalue weighted by molar-refractivity contribution is -0.117. The Bertz CT molecular complexity index is 1050. The number of hydrogen-bond acceptors (Lipinski definition) is 8. The topological polar surface area (TPSA) is 101 Å². The van der Waals surface area contributed by atoms with Crippen LogP contribution in [-0.4, -0.2) is 38.8 Å². The summed E-state index contributed by atoms with van der Waals surface area (Å²) in [6.07, 6.45) is 0.707. The first-order valence-corrected chi connectivity index (χ1v) is 10.9. The van der Waals surface area contributed by atoms with Crippen LogP contribution < -0.4 is 10.2 Å². The molecule has 4 rings (SSSR count). The van der Waals surface area contributed by atoms with Crippen LogP contribution in [0.4, 0.5) is 11.4 Å². The van der Waals surface area contributed by atoms with Gasteiger partial charge in [0.05, 0.1) is 34.2 Å². The van der Waals surface area contributed by atoms with Crippen LogP contribution >= 0.6 is 23.1 Å². The van der Waals surface area contributed by atoms with Crippen molar-refractivity contribution in [3.05, 3.63) is 46.2 Å². The van der Waals surface area contributed by atoms with Gasteiger partial charge in [-0.1, -0.05) is 23.9 Å². The minimum atomic E-state index is -0.252. The van der Waals surface area contributed by atoms with E-state index in [2.05, 4.69) is 20.5 Å². The number of rotatable bonds is 5. The number of thiazole rings is 1. The maximum atomic E-state index is 13.0. The number of hydrogen-bond donors (Lipinski definition) is 1. The molecule has 3 aromatic rings. The van der Waals surface area contributed by atoms with Crippen molar-refractivity contribution in [1.82, 2.24) is 15.2 Å². The Balaban J connectivity index is 1.43. The number of nitrogens with one attached hydrogen (secondary N) is 1. The van der Waals surface area contributed by atoms with E-state index in [1.165, 1.54) is 11.8 Å². The molecule has 2 amide bonds. The lowest BCUT2D eigenvalue weighted by Gasteiger charge is -2.27. The van der Waals surface area contributed by atoms with Crippen molar-refractivity contribution in [3.8, 4) is 0 Å². The molecule has 1 atom stereocenters. The largest absolute Gasteiger partial charge is 0.416 e. The third-order valence-corrected chi connectivity index (χ3v) is 6.02. The number of amides is 2. The normalized spacial score (nSPS) is 16.3. The molecule has 1 aliphatic rings. The molecule has 3 heterocycles. The van der Waals surface area contributed by atoms with Crippen molar-refractivity contribution in [2.75, 3.05) is 16.0 Å². The predicted molar refractivity (Wildman–Crippen MR) is 111 cm³/mol. The molecule has 1 N–H and O–H groups in total. The Kier molecular flexibility index (Phi) is 5.63. The Labute approximate surface area is 175 Å². The molecule has 2 aromatic heterocycles. The molecule has 0 saturated heterocycles. The van der Waals surface area contributed by atoms with Gasteiger partial charge in [0.2, 0.25) is 17.7 Å². The first-order chi connectivity index (χ1) is 14.0. The van der Waals surface area contributed by atoms with Crippen LogP contribution in [0.2, 0.25) is 0 Å². The van der Waals surface area contributed by atoms with Crippen molar-refractivity contribution in [1.29, 1.82) is 0 Å². The summed E-state index contributed by atoms with van der Waals surface area (Å²) in [6.45, 7) is 3.81. The van der Waals surface area contributed by atoms with Crippen LogP contribution in [0.5, 0.6) is 0 Å². The molecule has 0 radical (unpaired) electrons. The van der Waals surface area contributed by atoms with Crippen LogP contribution in [0.1, 0.15) is 29.9 Å². The average molecular weight is 430 g/mol. The number of thioether (sulfide) groups is 1. The molecule has 1 aromatic carbocycles. The number of fused-ring (bicyclic) bond motifs is 1. The highest BCUT2D eigenvalue weighted by atomic mass is 32.2. The molecule has 29 heavy (non-hydrogen) atoms. The van der Waals surface area contributed by atoms with Gasteiger partial charge >= 0.3 is 0 Å². The second-order valence-electron chi connectivity index (χ2n) is 6.67.